The summed E-state index contributed by atoms with van der Waals surface area (Å²) < 4.78 is 24.6. The van der Waals surface area contributed by atoms with Gasteiger partial charge in [0.25, 0.3) is 5.91 Å². The van der Waals surface area contributed by atoms with Gasteiger partial charge in [-0.05, 0) is 69.5 Å². The second kappa shape index (κ2) is 11.4. The molecular weight excluding hydrogens is 569 g/mol. The lowest BCUT2D eigenvalue weighted by Gasteiger charge is -2.13. The molecule has 4 amide bonds. The van der Waals surface area contributed by atoms with Gasteiger partial charge in [0.15, 0.2) is 5.75 Å². The van der Waals surface area contributed by atoms with E-state index in [0.717, 1.165) is 10.5 Å². The molecule has 3 aromatic carbocycles. The van der Waals surface area contributed by atoms with E-state index in [-0.39, 0.29) is 23.1 Å². The molecule has 1 heterocycles. The predicted octanol–water partition coefficient (Wildman–Crippen LogP) is 5.36. The van der Waals surface area contributed by atoms with Crippen LogP contribution < -0.4 is 20.1 Å². The van der Waals surface area contributed by atoms with E-state index in [9.17, 15) is 18.8 Å². The third kappa shape index (κ3) is 6.28. The first-order chi connectivity index (χ1) is 17.7. The van der Waals surface area contributed by atoms with Crippen molar-refractivity contribution in [3.05, 3.63) is 92.8 Å². The van der Waals surface area contributed by atoms with Gasteiger partial charge in [-0.3, -0.25) is 9.59 Å². The monoisotopic (exact) mass is 587 g/mol. The summed E-state index contributed by atoms with van der Waals surface area (Å²) in [7, 11) is 1.47. The Morgan fingerprint density at radius 2 is 1.89 bits per heavy atom. The SMILES string of the molecule is COc1ccccc1NC(=O)CN1C(=O)N/C(=C/c2cc(Cl)c(OCc3ccc(F)cc3)c(Br)c2)C1=O. The van der Waals surface area contributed by atoms with Gasteiger partial charge in [0.1, 0.15) is 30.4 Å². The molecule has 0 bridgehead atoms. The van der Waals surface area contributed by atoms with Crippen LogP contribution in [0.4, 0.5) is 14.9 Å². The van der Waals surface area contributed by atoms with E-state index in [1.54, 1.807) is 48.5 Å². The normalized spacial score (nSPS) is 14.1. The van der Waals surface area contributed by atoms with Gasteiger partial charge in [-0.25, -0.2) is 14.1 Å². The third-order valence-corrected chi connectivity index (χ3v) is 6.14. The molecule has 2 N–H and O–H groups in total. The van der Waals surface area contributed by atoms with Crippen LogP contribution in [0.3, 0.4) is 0 Å². The number of rotatable bonds is 8. The smallest absolute Gasteiger partial charge is 0.329 e. The van der Waals surface area contributed by atoms with Crippen LogP contribution in [0.5, 0.6) is 11.5 Å². The highest BCUT2D eigenvalue weighted by Crippen LogP contribution is 2.36. The summed E-state index contributed by atoms with van der Waals surface area (Å²) in [6.45, 7) is -0.319. The number of para-hydroxylation sites is 2. The first kappa shape index (κ1) is 26.2. The number of methoxy groups -OCH3 is 1. The Morgan fingerprint density at radius 1 is 1.16 bits per heavy atom. The molecular formula is C26H20BrClFN3O5. The molecule has 37 heavy (non-hydrogen) atoms. The summed E-state index contributed by atoms with van der Waals surface area (Å²) in [5.74, 6) is -0.762. The Morgan fingerprint density at radius 3 is 2.59 bits per heavy atom. The summed E-state index contributed by atoms with van der Waals surface area (Å²) in [5, 5.41) is 5.36. The largest absolute Gasteiger partial charge is 0.495 e. The molecule has 0 atom stereocenters. The van der Waals surface area contributed by atoms with Crippen molar-refractivity contribution >= 4 is 57.1 Å². The van der Waals surface area contributed by atoms with Gasteiger partial charge in [0.2, 0.25) is 5.91 Å². The van der Waals surface area contributed by atoms with Gasteiger partial charge >= 0.3 is 6.03 Å². The molecule has 4 rings (SSSR count). The number of halogens is 3. The van der Waals surface area contributed by atoms with Crippen molar-refractivity contribution in [2.75, 3.05) is 19.0 Å². The molecule has 8 nitrogen and oxygen atoms in total. The van der Waals surface area contributed by atoms with E-state index in [2.05, 4.69) is 26.6 Å². The highest BCUT2D eigenvalue weighted by molar-refractivity contribution is 9.10. The molecule has 1 fully saturated rings. The number of anilines is 1. The van der Waals surface area contributed by atoms with E-state index in [0.29, 0.717) is 27.2 Å². The average Bonchev–Trinajstić information content (AvgIpc) is 3.12. The molecule has 1 saturated heterocycles. The molecule has 190 valence electrons. The lowest BCUT2D eigenvalue weighted by atomic mass is 10.1. The van der Waals surface area contributed by atoms with Gasteiger partial charge in [-0.15, -0.1) is 0 Å². The van der Waals surface area contributed by atoms with Gasteiger partial charge in [0.05, 0.1) is 22.3 Å². The number of ether oxygens (including phenoxy) is 2. The van der Waals surface area contributed by atoms with Gasteiger partial charge < -0.3 is 20.1 Å². The number of amides is 4. The van der Waals surface area contributed by atoms with Gasteiger partial charge in [-0.1, -0.05) is 35.9 Å². The van der Waals surface area contributed by atoms with Crippen LogP contribution in [-0.2, 0) is 16.2 Å². The second-order valence-electron chi connectivity index (χ2n) is 7.86. The summed E-state index contributed by atoms with van der Waals surface area (Å²) in [5.41, 5.74) is 1.66. The molecule has 0 aliphatic carbocycles. The number of urea groups is 1. The van der Waals surface area contributed by atoms with Crippen LogP contribution in [0, 0.1) is 5.82 Å². The maximum absolute atomic E-state index is 13.1. The number of carbonyl (C=O) groups is 3. The number of carbonyl (C=O) groups excluding carboxylic acids is 3. The number of nitrogens with one attached hydrogen (secondary N) is 2. The second-order valence-corrected chi connectivity index (χ2v) is 9.12. The Bertz CT molecular complexity index is 1370. The van der Waals surface area contributed by atoms with Crippen LogP contribution in [0.1, 0.15) is 11.1 Å². The lowest BCUT2D eigenvalue weighted by molar-refractivity contribution is -0.127. The van der Waals surface area contributed by atoms with Crippen molar-refractivity contribution in [1.29, 1.82) is 0 Å². The summed E-state index contributed by atoms with van der Waals surface area (Å²) in [4.78, 5) is 38.5. The molecule has 1 aliphatic rings. The minimum Gasteiger partial charge on any atom is -0.495 e. The molecule has 0 radical (unpaired) electrons. The van der Waals surface area contributed by atoms with Crippen molar-refractivity contribution in [1.82, 2.24) is 10.2 Å². The van der Waals surface area contributed by atoms with Crippen LogP contribution in [-0.4, -0.2) is 36.4 Å². The summed E-state index contributed by atoms with van der Waals surface area (Å²) in [6.07, 6.45) is 1.44. The lowest BCUT2D eigenvalue weighted by Crippen LogP contribution is -2.38. The summed E-state index contributed by atoms with van der Waals surface area (Å²) >= 11 is 9.79. The molecule has 1 aliphatic heterocycles. The highest BCUT2D eigenvalue weighted by Gasteiger charge is 2.35. The maximum Gasteiger partial charge on any atom is 0.329 e. The first-order valence-corrected chi connectivity index (χ1v) is 12.1. The molecule has 0 spiro atoms. The van der Waals surface area contributed by atoms with Crippen molar-refractivity contribution in [3.63, 3.8) is 0 Å². The molecule has 3 aromatic rings. The van der Waals surface area contributed by atoms with Crippen LogP contribution >= 0.6 is 27.5 Å². The molecule has 11 heteroatoms. The Hall–Kier alpha value is -3.89. The van der Waals surface area contributed by atoms with Gasteiger partial charge in [-0.2, -0.15) is 0 Å². The van der Waals surface area contributed by atoms with Crippen LogP contribution in [0.2, 0.25) is 5.02 Å². The molecule has 0 aromatic heterocycles. The molecule has 0 saturated carbocycles. The van der Waals surface area contributed by atoms with Crippen LogP contribution in [0.15, 0.2) is 70.8 Å². The van der Waals surface area contributed by atoms with E-state index < -0.39 is 24.4 Å². The number of benzene rings is 3. The average molecular weight is 589 g/mol. The number of hydrogen-bond acceptors (Lipinski definition) is 5. The van der Waals surface area contributed by atoms with E-state index in [1.165, 1.54) is 25.3 Å². The van der Waals surface area contributed by atoms with E-state index in [4.69, 9.17) is 21.1 Å². The van der Waals surface area contributed by atoms with E-state index >= 15 is 0 Å². The highest BCUT2D eigenvalue weighted by atomic mass is 79.9. The van der Waals surface area contributed by atoms with Crippen LogP contribution in [0.25, 0.3) is 6.08 Å². The third-order valence-electron chi connectivity index (χ3n) is 5.27. The topological polar surface area (TPSA) is 97.0 Å². The fourth-order valence-electron chi connectivity index (χ4n) is 3.50. The quantitative estimate of drug-likeness (QED) is 0.273. The predicted molar refractivity (Wildman–Crippen MR) is 140 cm³/mol. The first-order valence-electron chi connectivity index (χ1n) is 10.9. The Kier molecular flexibility index (Phi) is 8.10. The minimum atomic E-state index is -0.726. The number of nitrogens with zero attached hydrogens (tertiary/aromatic N) is 1. The van der Waals surface area contributed by atoms with Gasteiger partial charge in [0, 0.05) is 0 Å². The summed E-state index contributed by atoms with van der Waals surface area (Å²) in [6, 6.07) is 15.2. The zero-order valence-electron chi connectivity index (χ0n) is 19.4. The maximum atomic E-state index is 13.1. The zero-order valence-corrected chi connectivity index (χ0v) is 21.7. The Balaban J connectivity index is 1.44. The van der Waals surface area contributed by atoms with Crippen molar-refractivity contribution in [2.24, 2.45) is 0 Å². The molecule has 0 unspecified atom stereocenters. The zero-order chi connectivity index (χ0) is 26.5. The Labute approximate surface area is 225 Å². The number of imide groups is 1. The fourth-order valence-corrected chi connectivity index (χ4v) is 4.49. The fraction of sp³-hybridized carbons (Fsp3) is 0.115. The van der Waals surface area contributed by atoms with Crippen molar-refractivity contribution < 1.29 is 28.2 Å². The van der Waals surface area contributed by atoms with E-state index in [1.807, 2.05) is 0 Å². The van der Waals surface area contributed by atoms with Crippen molar-refractivity contribution in [2.45, 2.75) is 6.61 Å². The standard InChI is InChI=1S/C26H20BrClFN3O5/c1-36-22-5-3-2-4-20(22)30-23(33)13-32-25(34)21(31-26(32)35)12-16-10-18(27)24(19(28)11-16)37-14-15-6-8-17(29)9-7-15/h2-12H,13-14H2,1H3,(H,30,33)(H,31,35)/b21-12+. The number of hydrogen-bond donors (Lipinski definition) is 2. The minimum absolute atomic E-state index is 0.0157. The van der Waals surface area contributed by atoms with Crippen molar-refractivity contribution in [3.8, 4) is 11.5 Å².